The second-order valence-corrected chi connectivity index (χ2v) is 10.7. The molecule has 1 fully saturated rings. The van der Waals surface area contributed by atoms with Crippen molar-refractivity contribution in [3.8, 4) is 0 Å². The van der Waals surface area contributed by atoms with Crippen LogP contribution in [0.1, 0.15) is 38.9 Å². The summed E-state index contributed by atoms with van der Waals surface area (Å²) in [5.41, 5.74) is 14.9. The molecular weight excluding hydrogens is 497 g/mol. The number of nitrogens with zero attached hydrogens (tertiary/aromatic N) is 4. The smallest absolute Gasteiger partial charge is 0.263 e. The number of ether oxygens (including phenoxy) is 2. The Bertz CT molecular complexity index is 1330. The number of carbonyl (C=O) groups is 1. The molecule has 0 radical (unpaired) electrons. The first-order chi connectivity index (χ1) is 17.7. The second kappa shape index (κ2) is 10.4. The summed E-state index contributed by atoms with van der Waals surface area (Å²) in [6.45, 7) is 5.71. The Morgan fingerprint density at radius 2 is 2.08 bits per heavy atom. The Morgan fingerprint density at radius 3 is 2.86 bits per heavy atom. The number of nitrogens with one attached hydrogen (secondary N) is 1. The number of carbonyl (C=O) groups excluding carboxylic acids is 1. The van der Waals surface area contributed by atoms with E-state index in [-0.39, 0.29) is 29.9 Å². The van der Waals surface area contributed by atoms with Crippen LogP contribution < -0.4 is 21.7 Å². The maximum absolute atomic E-state index is 15.3. The van der Waals surface area contributed by atoms with Crippen LogP contribution in [0.2, 0.25) is 0 Å². The number of nitrogen functional groups attached to an aromatic ring is 1. The summed E-state index contributed by atoms with van der Waals surface area (Å²) >= 11 is 1.25. The molecule has 3 aromatic rings. The molecule has 3 unspecified atom stereocenters. The number of nitrogens with two attached hydrogens (primary N) is 2. The van der Waals surface area contributed by atoms with Crippen molar-refractivity contribution in [2.75, 3.05) is 44.0 Å². The molecule has 1 saturated heterocycles. The minimum absolute atomic E-state index is 0.157. The van der Waals surface area contributed by atoms with Gasteiger partial charge in [-0.2, -0.15) is 0 Å². The van der Waals surface area contributed by atoms with Gasteiger partial charge >= 0.3 is 0 Å². The van der Waals surface area contributed by atoms with Crippen molar-refractivity contribution in [2.24, 2.45) is 5.73 Å². The zero-order valence-electron chi connectivity index (χ0n) is 21.2. The summed E-state index contributed by atoms with van der Waals surface area (Å²) in [5.74, 6) is 0.604. The average molecular weight is 530 g/mol. The fourth-order valence-electron chi connectivity index (χ4n) is 5.14. The first-order valence-electron chi connectivity index (χ1n) is 12.4. The molecule has 1 aliphatic carbocycles. The Hall–Kier alpha value is -2.93. The molecule has 37 heavy (non-hydrogen) atoms. The zero-order valence-corrected chi connectivity index (χ0v) is 22.0. The van der Waals surface area contributed by atoms with E-state index in [1.54, 1.807) is 7.11 Å². The highest BCUT2D eigenvalue weighted by Crippen LogP contribution is 2.34. The molecule has 12 heteroatoms. The molecule has 1 aliphatic heterocycles. The molecule has 0 spiro atoms. The lowest BCUT2D eigenvalue weighted by Gasteiger charge is -2.27. The number of halogens is 1. The van der Waals surface area contributed by atoms with Crippen molar-refractivity contribution in [3.63, 3.8) is 0 Å². The minimum Gasteiger partial charge on any atom is -0.397 e. The van der Waals surface area contributed by atoms with Gasteiger partial charge in [-0.1, -0.05) is 0 Å². The second-order valence-electron chi connectivity index (χ2n) is 9.65. The number of thiophene rings is 1. The van der Waals surface area contributed by atoms with Crippen LogP contribution in [0.3, 0.4) is 0 Å². The molecule has 2 aliphatic rings. The van der Waals surface area contributed by atoms with Gasteiger partial charge < -0.3 is 31.2 Å². The molecule has 0 saturated carbocycles. The van der Waals surface area contributed by atoms with Crippen molar-refractivity contribution in [1.29, 1.82) is 0 Å². The van der Waals surface area contributed by atoms with Crippen LogP contribution in [0.4, 0.5) is 15.9 Å². The van der Waals surface area contributed by atoms with E-state index < -0.39 is 0 Å². The molecule has 5 N–H and O–H groups in total. The fourth-order valence-corrected chi connectivity index (χ4v) is 6.23. The maximum Gasteiger partial charge on any atom is 0.263 e. The van der Waals surface area contributed by atoms with Crippen molar-refractivity contribution >= 4 is 39.0 Å². The van der Waals surface area contributed by atoms with E-state index in [2.05, 4.69) is 15.3 Å². The highest BCUT2D eigenvalue weighted by Gasteiger charge is 2.33. The topological polar surface area (TPSA) is 142 Å². The molecule has 1 amide bonds. The zero-order chi connectivity index (χ0) is 26.3. The van der Waals surface area contributed by atoms with Crippen LogP contribution in [0.15, 0.2) is 6.07 Å². The standard InChI is InChI=1S/C25H32FN7O3S/c1-12-21-22(28)23(37-25(21)30-13(2)29-12)24(34)31-14-4-5-18-15(8-14)16(26)9-20(32-18)33-10-17(27)19(11-33)36-7-6-35-3/h9,14,17,19H,4-8,10-11,27-28H2,1-3H3,(H,31,34). The van der Waals surface area contributed by atoms with Gasteiger partial charge in [0.05, 0.1) is 42.1 Å². The van der Waals surface area contributed by atoms with Crippen LogP contribution in [0, 0.1) is 19.7 Å². The van der Waals surface area contributed by atoms with Gasteiger partial charge in [0.2, 0.25) is 0 Å². The van der Waals surface area contributed by atoms with Gasteiger partial charge in [-0.3, -0.25) is 4.79 Å². The number of hydrogen-bond donors (Lipinski definition) is 3. The summed E-state index contributed by atoms with van der Waals surface area (Å²) in [7, 11) is 1.62. The highest BCUT2D eigenvalue weighted by atomic mass is 32.1. The highest BCUT2D eigenvalue weighted by molar-refractivity contribution is 7.21. The number of fused-ring (bicyclic) bond motifs is 2. The average Bonchev–Trinajstić information content (AvgIpc) is 3.39. The summed E-state index contributed by atoms with van der Waals surface area (Å²) < 4.78 is 26.1. The van der Waals surface area contributed by atoms with E-state index in [1.165, 1.54) is 17.4 Å². The van der Waals surface area contributed by atoms with Gasteiger partial charge in [0.15, 0.2) is 0 Å². The van der Waals surface area contributed by atoms with Crippen LogP contribution in [0.25, 0.3) is 10.2 Å². The van der Waals surface area contributed by atoms with Gasteiger partial charge in [-0.15, -0.1) is 11.3 Å². The Morgan fingerprint density at radius 1 is 1.27 bits per heavy atom. The number of aromatic nitrogens is 3. The van der Waals surface area contributed by atoms with Gasteiger partial charge in [0.1, 0.15) is 27.2 Å². The molecule has 0 bridgehead atoms. The predicted molar refractivity (Wildman–Crippen MR) is 141 cm³/mol. The molecular formula is C25H32FN7O3S. The molecule has 4 heterocycles. The van der Waals surface area contributed by atoms with E-state index >= 15 is 4.39 Å². The Balaban J connectivity index is 1.27. The van der Waals surface area contributed by atoms with Gasteiger partial charge in [-0.05, 0) is 33.1 Å². The van der Waals surface area contributed by atoms with Crippen LogP contribution in [-0.2, 0) is 22.3 Å². The van der Waals surface area contributed by atoms with E-state index in [0.29, 0.717) is 83.6 Å². The first-order valence-corrected chi connectivity index (χ1v) is 13.2. The third-order valence-electron chi connectivity index (χ3n) is 7.00. The summed E-state index contributed by atoms with van der Waals surface area (Å²) in [4.78, 5) is 29.7. The number of anilines is 2. The first kappa shape index (κ1) is 25.7. The molecule has 3 aromatic heterocycles. The molecule has 3 atom stereocenters. The van der Waals surface area contributed by atoms with Crippen molar-refractivity contribution in [3.05, 3.63) is 39.5 Å². The third kappa shape index (κ3) is 5.11. The van der Waals surface area contributed by atoms with Crippen molar-refractivity contribution < 1.29 is 18.7 Å². The monoisotopic (exact) mass is 529 g/mol. The Labute approximate surface area is 218 Å². The normalized spacial score (nSPS) is 21.4. The van der Waals surface area contributed by atoms with Gasteiger partial charge in [-0.25, -0.2) is 19.3 Å². The molecule has 5 rings (SSSR count). The quantitative estimate of drug-likeness (QED) is 0.391. The fraction of sp³-hybridized carbons (Fsp3) is 0.520. The lowest BCUT2D eigenvalue weighted by Crippen LogP contribution is -2.39. The summed E-state index contributed by atoms with van der Waals surface area (Å²) in [5, 5.41) is 3.75. The summed E-state index contributed by atoms with van der Waals surface area (Å²) in [6.07, 6.45) is 1.42. The van der Waals surface area contributed by atoms with E-state index in [9.17, 15) is 4.79 Å². The molecule has 198 valence electrons. The maximum atomic E-state index is 15.3. The van der Waals surface area contributed by atoms with Gasteiger partial charge in [0.25, 0.3) is 5.91 Å². The predicted octanol–water partition coefficient (Wildman–Crippen LogP) is 1.89. The molecule has 0 aromatic carbocycles. The Kier molecular flexibility index (Phi) is 7.26. The van der Waals surface area contributed by atoms with E-state index in [0.717, 1.165) is 11.4 Å². The van der Waals surface area contributed by atoms with E-state index in [1.807, 2.05) is 18.7 Å². The van der Waals surface area contributed by atoms with E-state index in [4.69, 9.17) is 25.9 Å². The van der Waals surface area contributed by atoms with Crippen molar-refractivity contribution in [2.45, 2.75) is 51.3 Å². The number of amides is 1. The lowest BCUT2D eigenvalue weighted by molar-refractivity contribution is 0.0212. The largest absolute Gasteiger partial charge is 0.397 e. The number of pyridine rings is 1. The lowest BCUT2D eigenvalue weighted by atomic mass is 9.91. The number of aryl methyl sites for hydroxylation is 3. The van der Waals surface area contributed by atoms with Crippen LogP contribution in [-0.4, -0.2) is 72.5 Å². The van der Waals surface area contributed by atoms with Crippen molar-refractivity contribution in [1.82, 2.24) is 20.3 Å². The number of hydrogen-bond acceptors (Lipinski definition) is 10. The minimum atomic E-state index is -0.320. The summed E-state index contributed by atoms with van der Waals surface area (Å²) in [6, 6.07) is 1.05. The van der Waals surface area contributed by atoms with Gasteiger partial charge in [0, 0.05) is 43.6 Å². The van der Waals surface area contributed by atoms with Crippen LogP contribution in [0.5, 0.6) is 0 Å². The van der Waals surface area contributed by atoms with Crippen LogP contribution >= 0.6 is 11.3 Å². The number of methoxy groups -OCH3 is 1. The SMILES string of the molecule is COCCOC1CN(c2cc(F)c3c(n2)CCC(NC(=O)c2sc4nc(C)nc(C)c4c2N)C3)CC1N. The number of rotatable bonds is 7. The molecule has 10 nitrogen and oxygen atoms in total. The third-order valence-corrected chi connectivity index (χ3v) is 8.10.